The largest absolute Gasteiger partial charge is 0.598 e. The molecule has 0 aliphatic heterocycles. The molecule has 3 rings (SSSR count). The summed E-state index contributed by atoms with van der Waals surface area (Å²) < 4.78 is 44.2. The zero-order valence-electron chi connectivity index (χ0n) is 14.9. The first-order valence-electron chi connectivity index (χ1n) is 8.16. The van der Waals surface area contributed by atoms with Gasteiger partial charge in [-0.25, -0.2) is 18.7 Å². The van der Waals surface area contributed by atoms with Crippen LogP contribution in [0.5, 0.6) is 0 Å². The molecule has 2 aromatic heterocycles. The molecule has 1 unspecified atom stereocenters. The molecule has 3 aromatic rings. The summed E-state index contributed by atoms with van der Waals surface area (Å²) in [6, 6.07) is 5.26. The molecule has 1 aromatic carbocycles. The van der Waals surface area contributed by atoms with Crippen molar-refractivity contribution in [2.75, 3.05) is 6.54 Å². The Labute approximate surface area is 171 Å². The van der Waals surface area contributed by atoms with Crippen LogP contribution in [0.2, 0.25) is 0 Å². The highest BCUT2D eigenvalue weighted by atomic mass is 79.9. The molecule has 0 radical (unpaired) electrons. The summed E-state index contributed by atoms with van der Waals surface area (Å²) in [5.74, 6) is -1.85. The van der Waals surface area contributed by atoms with E-state index < -0.39 is 33.7 Å². The third kappa shape index (κ3) is 4.83. The van der Waals surface area contributed by atoms with Gasteiger partial charge in [0.1, 0.15) is 16.4 Å². The van der Waals surface area contributed by atoms with Gasteiger partial charge in [-0.2, -0.15) is 0 Å². The Morgan fingerprint density at radius 2 is 1.89 bits per heavy atom. The first-order valence-corrected chi connectivity index (χ1v) is 11.0. The molecule has 0 fully saturated rings. The summed E-state index contributed by atoms with van der Waals surface area (Å²) in [6.45, 7) is 5.75. The number of rotatable bonds is 5. The Morgan fingerprint density at radius 3 is 2.52 bits per heavy atom. The van der Waals surface area contributed by atoms with Crippen LogP contribution in [0.25, 0.3) is 10.3 Å². The van der Waals surface area contributed by atoms with Gasteiger partial charge in [-0.05, 0) is 60.5 Å². The van der Waals surface area contributed by atoms with Crippen molar-refractivity contribution >= 4 is 49.0 Å². The van der Waals surface area contributed by atoms with E-state index in [1.54, 1.807) is 5.51 Å². The van der Waals surface area contributed by atoms with Gasteiger partial charge in [0.15, 0.2) is 5.65 Å². The molecule has 2 atom stereocenters. The average molecular weight is 474 g/mol. The summed E-state index contributed by atoms with van der Waals surface area (Å²) in [4.78, 5) is 8.80. The average Bonchev–Trinajstić information content (AvgIpc) is 3.00. The third-order valence-corrected chi connectivity index (χ3v) is 6.84. The van der Waals surface area contributed by atoms with Gasteiger partial charge in [0.05, 0.1) is 22.4 Å². The second-order valence-corrected chi connectivity index (χ2v) is 10.8. The van der Waals surface area contributed by atoms with Gasteiger partial charge >= 0.3 is 0 Å². The van der Waals surface area contributed by atoms with Gasteiger partial charge in [0.2, 0.25) is 0 Å². The quantitative estimate of drug-likeness (QED) is 0.534. The molecule has 9 heteroatoms. The zero-order chi connectivity index (χ0) is 19.8. The maximum atomic E-state index is 13.8. The molecule has 0 saturated carbocycles. The minimum Gasteiger partial charge on any atom is -0.598 e. The fourth-order valence-electron chi connectivity index (χ4n) is 2.56. The van der Waals surface area contributed by atoms with Crippen molar-refractivity contribution in [1.29, 1.82) is 0 Å². The van der Waals surface area contributed by atoms with Crippen molar-refractivity contribution in [1.82, 2.24) is 14.7 Å². The van der Waals surface area contributed by atoms with Crippen molar-refractivity contribution < 1.29 is 13.3 Å². The fraction of sp³-hybridized carbons (Fsp3) is 0.333. The molecule has 0 amide bonds. The molecule has 2 heterocycles. The Morgan fingerprint density at radius 1 is 1.22 bits per heavy atom. The van der Waals surface area contributed by atoms with Crippen LogP contribution in [0.15, 0.2) is 34.2 Å². The SMILES string of the molecule is CC(C)(C)[S+]([O-])NC[C@@H](c1cc(F)cc(F)c1)c1nc2ncsc2cc1Br. The number of aromatic nitrogens is 2. The van der Waals surface area contributed by atoms with Crippen LogP contribution in [0.4, 0.5) is 8.78 Å². The normalized spacial score (nSPS) is 14.5. The van der Waals surface area contributed by atoms with E-state index in [-0.39, 0.29) is 6.54 Å². The fourth-order valence-corrected chi connectivity index (χ4v) is 4.71. The predicted molar refractivity (Wildman–Crippen MR) is 109 cm³/mol. The van der Waals surface area contributed by atoms with E-state index in [9.17, 15) is 13.3 Å². The molecule has 0 spiro atoms. The summed E-state index contributed by atoms with van der Waals surface area (Å²) in [6.07, 6.45) is 0. The van der Waals surface area contributed by atoms with Crippen LogP contribution in [-0.2, 0) is 11.4 Å². The number of halogens is 3. The Kier molecular flexibility index (Phi) is 6.17. The van der Waals surface area contributed by atoms with Gasteiger partial charge in [0.25, 0.3) is 0 Å². The predicted octanol–water partition coefficient (Wildman–Crippen LogP) is 4.92. The molecular weight excluding hydrogens is 456 g/mol. The highest BCUT2D eigenvalue weighted by Crippen LogP contribution is 2.33. The lowest BCUT2D eigenvalue weighted by Crippen LogP contribution is -2.41. The molecule has 0 bridgehead atoms. The second kappa shape index (κ2) is 8.08. The molecule has 27 heavy (non-hydrogen) atoms. The van der Waals surface area contributed by atoms with Crippen LogP contribution in [-0.4, -0.2) is 25.8 Å². The van der Waals surface area contributed by atoms with E-state index in [1.807, 2.05) is 26.8 Å². The van der Waals surface area contributed by atoms with Gasteiger partial charge in [0, 0.05) is 27.8 Å². The molecule has 1 N–H and O–H groups in total. The van der Waals surface area contributed by atoms with Gasteiger partial charge in [-0.1, -0.05) is 0 Å². The minimum atomic E-state index is -1.34. The molecule has 0 aliphatic carbocycles. The lowest BCUT2D eigenvalue weighted by atomic mass is 9.95. The number of benzene rings is 1. The minimum absolute atomic E-state index is 0.202. The van der Waals surface area contributed by atoms with Gasteiger partial charge in [-0.3, -0.25) is 0 Å². The maximum Gasteiger partial charge on any atom is 0.170 e. The standard InChI is InChI=1S/C18H18BrF2N3OS2/c1-18(2,3)27(25)23-8-13(10-4-11(20)6-12(21)5-10)16-14(19)7-15-17(24-16)22-9-26-15/h4-7,9,13,23H,8H2,1-3H3/t13-,27?/m0/s1. The Hall–Kier alpha value is -1.13. The van der Waals surface area contributed by atoms with Crippen molar-refractivity contribution in [2.45, 2.75) is 31.4 Å². The molecule has 0 aliphatic rings. The smallest absolute Gasteiger partial charge is 0.170 e. The topological polar surface area (TPSA) is 60.9 Å². The highest BCUT2D eigenvalue weighted by Gasteiger charge is 2.29. The van der Waals surface area contributed by atoms with Crippen LogP contribution >= 0.6 is 27.3 Å². The Bertz CT molecular complexity index is 941. The van der Waals surface area contributed by atoms with E-state index >= 15 is 0 Å². The van der Waals surface area contributed by atoms with Crippen LogP contribution in [0.3, 0.4) is 0 Å². The van der Waals surface area contributed by atoms with Crippen LogP contribution < -0.4 is 4.72 Å². The molecular formula is C18H18BrF2N3OS2. The number of nitrogens with one attached hydrogen (secondary N) is 1. The third-order valence-electron chi connectivity index (χ3n) is 3.90. The van der Waals surface area contributed by atoms with Gasteiger partial charge in [-0.15, -0.1) is 16.1 Å². The zero-order valence-corrected chi connectivity index (χ0v) is 18.1. The molecule has 144 valence electrons. The maximum absolute atomic E-state index is 13.8. The van der Waals surface area contributed by atoms with Crippen LogP contribution in [0, 0.1) is 11.6 Å². The number of fused-ring (bicyclic) bond motifs is 1. The van der Waals surface area contributed by atoms with Crippen molar-refractivity contribution in [3.63, 3.8) is 0 Å². The monoisotopic (exact) mass is 473 g/mol. The first kappa shape index (κ1) is 20.6. The van der Waals surface area contributed by atoms with Gasteiger partial charge < -0.3 is 4.55 Å². The van der Waals surface area contributed by atoms with E-state index in [0.717, 1.165) is 10.8 Å². The van der Waals surface area contributed by atoms with E-state index in [1.165, 1.54) is 23.5 Å². The van der Waals surface area contributed by atoms with E-state index in [0.29, 0.717) is 21.4 Å². The first-order chi connectivity index (χ1) is 12.6. The number of hydrogen-bond acceptors (Lipinski definition) is 5. The molecule has 0 saturated heterocycles. The lowest BCUT2D eigenvalue weighted by molar-refractivity contribution is 0.539. The molecule has 4 nitrogen and oxygen atoms in total. The lowest BCUT2D eigenvalue weighted by Gasteiger charge is -2.26. The summed E-state index contributed by atoms with van der Waals surface area (Å²) >= 11 is 3.63. The second-order valence-electron chi connectivity index (χ2n) is 7.01. The summed E-state index contributed by atoms with van der Waals surface area (Å²) in [5.41, 5.74) is 3.25. The number of pyridine rings is 1. The number of thiazole rings is 1. The number of nitrogens with zero attached hydrogens (tertiary/aromatic N) is 2. The van der Waals surface area contributed by atoms with Crippen molar-refractivity contribution in [3.8, 4) is 0 Å². The van der Waals surface area contributed by atoms with E-state index in [4.69, 9.17) is 0 Å². The van der Waals surface area contributed by atoms with Crippen molar-refractivity contribution in [2.24, 2.45) is 0 Å². The number of hydrogen-bond donors (Lipinski definition) is 1. The van der Waals surface area contributed by atoms with E-state index in [2.05, 4.69) is 30.6 Å². The van der Waals surface area contributed by atoms with Crippen LogP contribution in [0.1, 0.15) is 37.9 Å². The van der Waals surface area contributed by atoms with Crippen molar-refractivity contribution in [3.05, 3.63) is 57.1 Å². The highest BCUT2D eigenvalue weighted by molar-refractivity contribution is 9.10. The summed E-state index contributed by atoms with van der Waals surface area (Å²) in [5, 5.41) is 0. The summed E-state index contributed by atoms with van der Waals surface area (Å²) in [7, 11) is 0. The Balaban J connectivity index is 2.04.